The van der Waals surface area contributed by atoms with Crippen LogP contribution in [0.15, 0.2) is 24.3 Å². The van der Waals surface area contributed by atoms with E-state index in [0.717, 1.165) is 43.2 Å². The second-order valence-electron chi connectivity index (χ2n) is 5.24. The van der Waals surface area contributed by atoms with Crippen molar-refractivity contribution in [2.45, 2.75) is 25.8 Å². The van der Waals surface area contributed by atoms with Gasteiger partial charge in [-0.2, -0.15) is 5.10 Å². The number of hydrogen-bond donors (Lipinski definition) is 1. The van der Waals surface area contributed by atoms with Gasteiger partial charge in [-0.3, -0.25) is 0 Å². The van der Waals surface area contributed by atoms with E-state index in [2.05, 4.69) is 10.1 Å². The topological polar surface area (TPSA) is 60.2 Å². The molecule has 1 atom stereocenters. The van der Waals surface area contributed by atoms with E-state index in [-0.39, 0.29) is 6.61 Å². The summed E-state index contributed by atoms with van der Waals surface area (Å²) in [5, 5.41) is 13.8. The average Bonchev–Trinajstić information content (AvgIpc) is 2.89. The van der Waals surface area contributed by atoms with Crippen LogP contribution in [0.3, 0.4) is 0 Å². The average molecular weight is 273 g/mol. The molecule has 0 amide bonds. The molecule has 2 aromatic rings. The quantitative estimate of drug-likeness (QED) is 0.915. The summed E-state index contributed by atoms with van der Waals surface area (Å²) in [5.41, 5.74) is 1.17. The van der Waals surface area contributed by atoms with Crippen LogP contribution in [-0.4, -0.2) is 33.6 Å². The van der Waals surface area contributed by atoms with E-state index in [1.807, 2.05) is 28.9 Å². The molecule has 0 aliphatic carbocycles. The standard InChI is InChI=1S/C15H19N3O2/c1-20-13-5-2-11(3-6-13)8-14-16-15-7-4-12(10-19)9-18(15)17-14/h2-3,5-6,12,19H,4,7-10H2,1H3. The molecule has 1 unspecified atom stereocenters. The monoisotopic (exact) mass is 273 g/mol. The van der Waals surface area contributed by atoms with Gasteiger partial charge in [-0.25, -0.2) is 9.67 Å². The molecule has 1 aliphatic heterocycles. The summed E-state index contributed by atoms with van der Waals surface area (Å²) in [7, 11) is 1.66. The van der Waals surface area contributed by atoms with Crippen LogP contribution in [-0.2, 0) is 19.4 Å². The fraction of sp³-hybridized carbons (Fsp3) is 0.467. The summed E-state index contributed by atoms with van der Waals surface area (Å²) in [4.78, 5) is 4.60. The van der Waals surface area contributed by atoms with E-state index in [1.165, 1.54) is 5.56 Å². The zero-order valence-electron chi connectivity index (χ0n) is 11.6. The molecule has 20 heavy (non-hydrogen) atoms. The Morgan fingerprint density at radius 3 is 2.85 bits per heavy atom. The summed E-state index contributed by atoms with van der Waals surface area (Å²) in [5.74, 6) is 3.07. The summed E-state index contributed by atoms with van der Waals surface area (Å²) in [6.45, 7) is 1.01. The number of ether oxygens (including phenoxy) is 1. The molecule has 5 nitrogen and oxygen atoms in total. The maximum atomic E-state index is 9.23. The van der Waals surface area contributed by atoms with Gasteiger partial charge in [0.05, 0.1) is 7.11 Å². The van der Waals surface area contributed by atoms with E-state index in [1.54, 1.807) is 7.11 Å². The van der Waals surface area contributed by atoms with Crippen molar-refractivity contribution in [2.75, 3.05) is 13.7 Å². The molecule has 1 aliphatic rings. The van der Waals surface area contributed by atoms with E-state index < -0.39 is 0 Å². The molecule has 0 bridgehead atoms. The number of aliphatic hydroxyl groups excluding tert-OH is 1. The van der Waals surface area contributed by atoms with E-state index in [0.29, 0.717) is 5.92 Å². The van der Waals surface area contributed by atoms with Gasteiger partial charge in [0.15, 0.2) is 5.82 Å². The van der Waals surface area contributed by atoms with Gasteiger partial charge in [-0.15, -0.1) is 0 Å². The van der Waals surface area contributed by atoms with E-state index >= 15 is 0 Å². The third-order valence-corrected chi connectivity index (χ3v) is 3.78. The molecule has 106 valence electrons. The summed E-state index contributed by atoms with van der Waals surface area (Å²) < 4.78 is 7.10. The van der Waals surface area contributed by atoms with Crippen molar-refractivity contribution in [2.24, 2.45) is 5.92 Å². The minimum Gasteiger partial charge on any atom is -0.497 e. The first kappa shape index (κ1) is 13.1. The highest BCUT2D eigenvalue weighted by atomic mass is 16.5. The zero-order valence-corrected chi connectivity index (χ0v) is 11.6. The maximum Gasteiger partial charge on any atom is 0.155 e. The Balaban J connectivity index is 1.73. The molecule has 0 saturated heterocycles. The van der Waals surface area contributed by atoms with Crippen molar-refractivity contribution in [3.8, 4) is 5.75 Å². The fourth-order valence-electron chi connectivity index (χ4n) is 2.58. The molecule has 0 spiro atoms. The highest BCUT2D eigenvalue weighted by molar-refractivity contribution is 5.28. The van der Waals surface area contributed by atoms with Crippen LogP contribution in [0.25, 0.3) is 0 Å². The molecular formula is C15H19N3O2. The first-order valence-corrected chi connectivity index (χ1v) is 6.95. The number of aryl methyl sites for hydroxylation is 1. The summed E-state index contributed by atoms with van der Waals surface area (Å²) in [6, 6.07) is 7.98. The van der Waals surface area contributed by atoms with Crippen LogP contribution in [0.2, 0.25) is 0 Å². The first-order valence-electron chi connectivity index (χ1n) is 6.95. The van der Waals surface area contributed by atoms with Crippen molar-refractivity contribution >= 4 is 0 Å². The second kappa shape index (κ2) is 5.63. The van der Waals surface area contributed by atoms with Crippen LogP contribution in [0.1, 0.15) is 23.6 Å². The Labute approximate surface area is 118 Å². The van der Waals surface area contributed by atoms with Crippen LogP contribution in [0.5, 0.6) is 5.75 Å². The lowest BCUT2D eigenvalue weighted by Crippen LogP contribution is -2.23. The highest BCUT2D eigenvalue weighted by Crippen LogP contribution is 2.19. The molecule has 0 saturated carbocycles. The van der Waals surface area contributed by atoms with Gasteiger partial charge in [0, 0.05) is 31.9 Å². The molecule has 1 N–H and O–H groups in total. The molecule has 0 fully saturated rings. The van der Waals surface area contributed by atoms with Crippen molar-refractivity contribution in [3.05, 3.63) is 41.5 Å². The zero-order chi connectivity index (χ0) is 13.9. The van der Waals surface area contributed by atoms with Crippen molar-refractivity contribution in [3.63, 3.8) is 0 Å². The smallest absolute Gasteiger partial charge is 0.155 e. The normalized spacial score (nSPS) is 17.8. The maximum absolute atomic E-state index is 9.23. The molecule has 2 heterocycles. The van der Waals surface area contributed by atoms with Gasteiger partial charge >= 0.3 is 0 Å². The lowest BCUT2D eigenvalue weighted by molar-refractivity contribution is 0.185. The Morgan fingerprint density at radius 2 is 2.15 bits per heavy atom. The minimum absolute atomic E-state index is 0.229. The van der Waals surface area contributed by atoms with Gasteiger partial charge in [-0.1, -0.05) is 12.1 Å². The fourth-order valence-corrected chi connectivity index (χ4v) is 2.58. The van der Waals surface area contributed by atoms with Gasteiger partial charge in [0.25, 0.3) is 0 Å². The van der Waals surface area contributed by atoms with E-state index in [4.69, 9.17) is 4.74 Å². The van der Waals surface area contributed by atoms with Crippen LogP contribution in [0, 0.1) is 5.92 Å². The predicted octanol–water partition coefficient (Wildman–Crippen LogP) is 1.43. The van der Waals surface area contributed by atoms with Crippen molar-refractivity contribution in [1.82, 2.24) is 14.8 Å². The third-order valence-electron chi connectivity index (χ3n) is 3.78. The largest absolute Gasteiger partial charge is 0.497 e. The number of fused-ring (bicyclic) bond motifs is 1. The molecule has 1 aromatic carbocycles. The lowest BCUT2D eigenvalue weighted by atomic mass is 10.0. The number of aromatic nitrogens is 3. The highest BCUT2D eigenvalue weighted by Gasteiger charge is 2.20. The Bertz CT molecular complexity index is 577. The SMILES string of the molecule is COc1ccc(Cc2nc3n(n2)CC(CO)CC3)cc1. The number of aliphatic hydroxyl groups is 1. The second-order valence-corrected chi connectivity index (χ2v) is 5.24. The van der Waals surface area contributed by atoms with Crippen LogP contribution < -0.4 is 4.74 Å². The first-order chi connectivity index (χ1) is 9.78. The molecular weight excluding hydrogens is 254 g/mol. The molecule has 0 radical (unpaired) electrons. The predicted molar refractivity (Wildman–Crippen MR) is 74.7 cm³/mol. The molecule has 5 heteroatoms. The van der Waals surface area contributed by atoms with Gasteiger partial charge < -0.3 is 9.84 Å². The summed E-state index contributed by atoms with van der Waals surface area (Å²) in [6.07, 6.45) is 2.63. The van der Waals surface area contributed by atoms with Crippen molar-refractivity contribution in [1.29, 1.82) is 0 Å². The third kappa shape index (κ3) is 2.67. The van der Waals surface area contributed by atoms with Gasteiger partial charge in [0.2, 0.25) is 0 Å². The lowest BCUT2D eigenvalue weighted by Gasteiger charge is -2.19. The Morgan fingerprint density at radius 1 is 1.35 bits per heavy atom. The number of hydrogen-bond acceptors (Lipinski definition) is 4. The summed E-state index contributed by atoms with van der Waals surface area (Å²) >= 11 is 0. The molecule has 1 aromatic heterocycles. The minimum atomic E-state index is 0.229. The number of methoxy groups -OCH3 is 1. The molecule has 3 rings (SSSR count). The van der Waals surface area contributed by atoms with Crippen molar-refractivity contribution < 1.29 is 9.84 Å². The Kier molecular flexibility index (Phi) is 3.69. The van der Waals surface area contributed by atoms with E-state index in [9.17, 15) is 5.11 Å². The van der Waals surface area contributed by atoms with Crippen LogP contribution in [0.4, 0.5) is 0 Å². The number of benzene rings is 1. The Hall–Kier alpha value is -1.88. The van der Waals surface area contributed by atoms with Gasteiger partial charge in [-0.05, 0) is 24.1 Å². The van der Waals surface area contributed by atoms with Gasteiger partial charge in [0.1, 0.15) is 11.6 Å². The van der Waals surface area contributed by atoms with Crippen LogP contribution >= 0.6 is 0 Å². The number of nitrogens with zero attached hydrogens (tertiary/aromatic N) is 3. The number of rotatable bonds is 4.